The van der Waals surface area contributed by atoms with Gasteiger partial charge in [-0.05, 0) is 18.4 Å². The Hall–Kier alpha value is -1.88. The summed E-state index contributed by atoms with van der Waals surface area (Å²) in [7, 11) is 0. The van der Waals surface area contributed by atoms with Gasteiger partial charge < -0.3 is 14.9 Å². The lowest BCUT2D eigenvalue weighted by atomic mass is 9.73. The molecule has 21 heavy (non-hydrogen) atoms. The van der Waals surface area contributed by atoms with Gasteiger partial charge >= 0.3 is 11.9 Å². The molecule has 0 radical (unpaired) electrons. The lowest BCUT2D eigenvalue weighted by molar-refractivity contribution is -0.179. The predicted octanol–water partition coefficient (Wildman–Crippen LogP) is 2.08. The quantitative estimate of drug-likeness (QED) is 0.812. The van der Waals surface area contributed by atoms with Crippen molar-refractivity contribution in [2.24, 2.45) is 5.92 Å². The first-order valence-corrected chi connectivity index (χ1v) is 7.22. The highest BCUT2D eigenvalue weighted by Gasteiger charge is 2.47. The molecule has 114 valence electrons. The van der Waals surface area contributed by atoms with Crippen molar-refractivity contribution in [2.45, 2.75) is 37.7 Å². The average molecular weight is 292 g/mol. The third kappa shape index (κ3) is 3.42. The minimum atomic E-state index is -1.77. The van der Waals surface area contributed by atoms with E-state index in [2.05, 4.69) is 0 Å². The topological polar surface area (TPSA) is 83.8 Å². The van der Waals surface area contributed by atoms with E-state index in [1.54, 1.807) is 30.3 Å². The van der Waals surface area contributed by atoms with Crippen LogP contribution in [-0.4, -0.2) is 28.8 Å². The van der Waals surface area contributed by atoms with E-state index >= 15 is 0 Å². The molecule has 1 aromatic carbocycles. The maximum Gasteiger partial charge on any atom is 0.343 e. The van der Waals surface area contributed by atoms with Gasteiger partial charge in [-0.1, -0.05) is 49.6 Å². The molecule has 0 bridgehead atoms. The fourth-order valence-corrected chi connectivity index (χ4v) is 2.97. The number of hydrogen-bond donors (Lipinski definition) is 2. The van der Waals surface area contributed by atoms with E-state index in [1.807, 2.05) is 0 Å². The Balaban J connectivity index is 2.29. The Labute approximate surface area is 123 Å². The van der Waals surface area contributed by atoms with E-state index in [1.165, 1.54) is 0 Å². The van der Waals surface area contributed by atoms with Crippen LogP contribution in [0.1, 0.15) is 37.7 Å². The number of carboxylic acids is 1. The number of hydrogen-bond acceptors (Lipinski definition) is 4. The fourth-order valence-electron chi connectivity index (χ4n) is 2.97. The molecule has 2 N–H and O–H groups in total. The van der Waals surface area contributed by atoms with Crippen molar-refractivity contribution in [1.82, 2.24) is 0 Å². The van der Waals surface area contributed by atoms with Crippen LogP contribution in [0.15, 0.2) is 30.3 Å². The van der Waals surface area contributed by atoms with Crippen LogP contribution < -0.4 is 0 Å². The van der Waals surface area contributed by atoms with Crippen LogP contribution in [0.2, 0.25) is 0 Å². The largest absolute Gasteiger partial charge is 0.479 e. The molecule has 1 saturated carbocycles. The van der Waals surface area contributed by atoms with Crippen molar-refractivity contribution in [3.63, 3.8) is 0 Å². The van der Waals surface area contributed by atoms with Crippen LogP contribution in [0, 0.1) is 5.92 Å². The first-order valence-electron chi connectivity index (χ1n) is 7.22. The summed E-state index contributed by atoms with van der Waals surface area (Å²) in [5.74, 6) is -2.35. The van der Waals surface area contributed by atoms with Crippen molar-refractivity contribution in [2.75, 3.05) is 6.61 Å². The average Bonchev–Trinajstić information content (AvgIpc) is 2.53. The number of esters is 1. The summed E-state index contributed by atoms with van der Waals surface area (Å²) >= 11 is 0. The van der Waals surface area contributed by atoms with E-state index in [-0.39, 0.29) is 5.92 Å². The minimum absolute atomic E-state index is 0.241. The molecule has 1 aliphatic carbocycles. The van der Waals surface area contributed by atoms with E-state index in [0.717, 1.165) is 32.1 Å². The van der Waals surface area contributed by atoms with Gasteiger partial charge in [0.05, 0.1) is 0 Å². The Morgan fingerprint density at radius 1 is 1.14 bits per heavy atom. The highest BCUT2D eigenvalue weighted by molar-refractivity contribution is 5.83. The normalized spacial score (nSPS) is 18.7. The van der Waals surface area contributed by atoms with E-state index < -0.39 is 24.1 Å². The second-order valence-corrected chi connectivity index (χ2v) is 5.44. The van der Waals surface area contributed by atoms with Crippen molar-refractivity contribution < 1.29 is 24.5 Å². The summed E-state index contributed by atoms with van der Waals surface area (Å²) in [6, 6.07) is 8.64. The number of carbonyl (C=O) groups excluding carboxylic acids is 1. The van der Waals surface area contributed by atoms with Crippen molar-refractivity contribution in [3.8, 4) is 0 Å². The number of rotatable bonds is 5. The zero-order valence-electron chi connectivity index (χ0n) is 11.8. The molecular weight excluding hydrogens is 272 g/mol. The van der Waals surface area contributed by atoms with Crippen molar-refractivity contribution in [3.05, 3.63) is 35.9 Å². The van der Waals surface area contributed by atoms with Gasteiger partial charge in [0.15, 0.2) is 12.2 Å². The Morgan fingerprint density at radius 2 is 1.76 bits per heavy atom. The summed E-state index contributed by atoms with van der Waals surface area (Å²) < 4.78 is 4.79. The molecule has 0 amide bonds. The van der Waals surface area contributed by atoms with Gasteiger partial charge in [0.1, 0.15) is 0 Å². The first kappa shape index (κ1) is 15.5. The molecule has 1 aromatic rings. The maximum atomic E-state index is 12.3. The molecule has 0 heterocycles. The Bertz CT molecular complexity index is 493. The van der Waals surface area contributed by atoms with Gasteiger partial charge in [0.2, 0.25) is 0 Å². The number of aliphatic carboxylic acids is 1. The molecule has 5 heteroatoms. The zero-order chi connectivity index (χ0) is 15.3. The summed E-state index contributed by atoms with van der Waals surface area (Å²) in [5, 5.41) is 19.7. The van der Waals surface area contributed by atoms with Crippen LogP contribution in [0.5, 0.6) is 0 Å². The molecule has 1 aliphatic rings. The summed E-state index contributed by atoms with van der Waals surface area (Å²) in [5.41, 5.74) is -1.30. The third-order valence-corrected chi connectivity index (χ3v) is 4.05. The van der Waals surface area contributed by atoms with Crippen molar-refractivity contribution in [1.29, 1.82) is 0 Å². The van der Waals surface area contributed by atoms with Gasteiger partial charge in [-0.25, -0.2) is 9.59 Å². The van der Waals surface area contributed by atoms with E-state index in [4.69, 9.17) is 9.84 Å². The molecule has 0 aliphatic heterocycles. The number of carbonyl (C=O) groups is 2. The molecule has 0 aromatic heterocycles. The first-order chi connectivity index (χ1) is 10.0. The highest BCUT2D eigenvalue weighted by Crippen LogP contribution is 2.40. The molecule has 5 nitrogen and oxygen atoms in total. The predicted molar refractivity (Wildman–Crippen MR) is 75.5 cm³/mol. The zero-order valence-corrected chi connectivity index (χ0v) is 11.8. The second-order valence-electron chi connectivity index (χ2n) is 5.44. The SMILES string of the molecule is O=C(O)COC(=O)C(O)(c1ccccc1)C1CCCCC1. The van der Waals surface area contributed by atoms with E-state index in [0.29, 0.717) is 5.56 Å². The fraction of sp³-hybridized carbons (Fsp3) is 0.500. The maximum absolute atomic E-state index is 12.3. The van der Waals surface area contributed by atoms with Gasteiger partial charge in [-0.15, -0.1) is 0 Å². The molecule has 1 unspecified atom stereocenters. The van der Waals surface area contributed by atoms with Crippen LogP contribution in [-0.2, 0) is 19.9 Å². The van der Waals surface area contributed by atoms with Gasteiger partial charge in [0, 0.05) is 5.92 Å². The van der Waals surface area contributed by atoms with Crippen molar-refractivity contribution >= 4 is 11.9 Å². The smallest absolute Gasteiger partial charge is 0.343 e. The lowest BCUT2D eigenvalue weighted by Gasteiger charge is -2.36. The number of carboxylic acid groups (broad SMARTS) is 1. The summed E-state index contributed by atoms with van der Waals surface area (Å²) in [6.45, 7) is -0.735. The number of aliphatic hydroxyl groups is 1. The van der Waals surface area contributed by atoms with E-state index in [9.17, 15) is 14.7 Å². The second kappa shape index (κ2) is 6.72. The van der Waals surface area contributed by atoms with Gasteiger partial charge in [-0.2, -0.15) is 0 Å². The highest BCUT2D eigenvalue weighted by atomic mass is 16.6. The lowest BCUT2D eigenvalue weighted by Crippen LogP contribution is -2.45. The molecule has 0 saturated heterocycles. The Kier molecular flexibility index (Phi) is 4.96. The molecule has 1 atom stereocenters. The van der Waals surface area contributed by atoms with Crippen LogP contribution in [0.25, 0.3) is 0 Å². The van der Waals surface area contributed by atoms with Gasteiger partial charge in [0.25, 0.3) is 0 Å². The van der Waals surface area contributed by atoms with Crippen LogP contribution >= 0.6 is 0 Å². The molecule has 2 rings (SSSR count). The standard InChI is InChI=1S/C16H20O5/c17-14(18)11-21-15(19)16(20,12-7-3-1-4-8-12)13-9-5-2-6-10-13/h1,3-4,7-8,13,20H,2,5-6,9-11H2,(H,17,18). The third-order valence-electron chi connectivity index (χ3n) is 4.05. The minimum Gasteiger partial charge on any atom is -0.479 e. The monoisotopic (exact) mass is 292 g/mol. The Morgan fingerprint density at radius 3 is 2.33 bits per heavy atom. The van der Waals surface area contributed by atoms with Gasteiger partial charge in [-0.3, -0.25) is 0 Å². The number of ether oxygens (including phenoxy) is 1. The molecule has 1 fully saturated rings. The van der Waals surface area contributed by atoms with Crippen LogP contribution in [0.4, 0.5) is 0 Å². The summed E-state index contributed by atoms with van der Waals surface area (Å²) in [4.78, 5) is 22.9. The molecule has 0 spiro atoms. The molecular formula is C16H20O5. The number of benzene rings is 1. The summed E-state index contributed by atoms with van der Waals surface area (Å²) in [6.07, 6.45) is 4.45. The van der Waals surface area contributed by atoms with Crippen LogP contribution in [0.3, 0.4) is 0 Å².